The second kappa shape index (κ2) is 5.17. The molecule has 2 atom stereocenters. The quantitative estimate of drug-likeness (QED) is 0.800. The summed E-state index contributed by atoms with van der Waals surface area (Å²) in [5, 5.41) is 3.27. The highest BCUT2D eigenvalue weighted by molar-refractivity contribution is 5.79. The fourth-order valence-electron chi connectivity index (χ4n) is 2.35. The van der Waals surface area contributed by atoms with Gasteiger partial charge >= 0.3 is 0 Å². The second-order valence-electron chi connectivity index (χ2n) is 5.89. The minimum Gasteiger partial charge on any atom is -0.336 e. The van der Waals surface area contributed by atoms with Crippen molar-refractivity contribution in [1.29, 1.82) is 0 Å². The molecule has 1 aliphatic heterocycles. The van der Waals surface area contributed by atoms with Gasteiger partial charge in [0.25, 0.3) is 0 Å². The number of amides is 1. The Morgan fingerprint density at radius 3 is 2.50 bits per heavy atom. The lowest BCUT2D eigenvalue weighted by atomic mass is 10.1. The number of rotatable bonds is 3. The van der Waals surface area contributed by atoms with Crippen molar-refractivity contribution >= 4 is 5.91 Å². The SMILES string of the molecule is CCC1CCC(C)N1C(=O)CNC(C)(C)C. The number of hydrogen-bond acceptors (Lipinski definition) is 2. The van der Waals surface area contributed by atoms with E-state index in [2.05, 4.69) is 44.8 Å². The normalized spacial score (nSPS) is 26.2. The summed E-state index contributed by atoms with van der Waals surface area (Å²) >= 11 is 0. The number of likely N-dealkylation sites (tertiary alicyclic amines) is 1. The third-order valence-electron chi connectivity index (χ3n) is 3.32. The van der Waals surface area contributed by atoms with Crippen LogP contribution in [0.25, 0.3) is 0 Å². The summed E-state index contributed by atoms with van der Waals surface area (Å²) in [4.78, 5) is 14.2. The van der Waals surface area contributed by atoms with Crippen LogP contribution >= 0.6 is 0 Å². The van der Waals surface area contributed by atoms with Crippen LogP contribution in [0, 0.1) is 0 Å². The first-order valence-electron chi connectivity index (χ1n) is 6.41. The molecule has 2 unspecified atom stereocenters. The fourth-order valence-corrected chi connectivity index (χ4v) is 2.35. The summed E-state index contributed by atoms with van der Waals surface area (Å²) < 4.78 is 0. The Hall–Kier alpha value is -0.570. The molecule has 94 valence electrons. The Labute approximate surface area is 99.6 Å². The van der Waals surface area contributed by atoms with Crippen LogP contribution in [0.15, 0.2) is 0 Å². The van der Waals surface area contributed by atoms with Crippen LogP contribution in [-0.2, 0) is 4.79 Å². The van der Waals surface area contributed by atoms with E-state index in [-0.39, 0.29) is 11.4 Å². The van der Waals surface area contributed by atoms with Gasteiger partial charge in [0.05, 0.1) is 6.54 Å². The molecular weight excluding hydrogens is 200 g/mol. The molecule has 1 heterocycles. The first kappa shape index (κ1) is 13.5. The molecule has 0 aromatic rings. The molecule has 0 saturated carbocycles. The highest BCUT2D eigenvalue weighted by Crippen LogP contribution is 2.25. The Bertz CT molecular complexity index is 245. The largest absolute Gasteiger partial charge is 0.336 e. The van der Waals surface area contributed by atoms with Crippen LogP contribution in [0.2, 0.25) is 0 Å². The van der Waals surface area contributed by atoms with Crippen LogP contribution in [0.5, 0.6) is 0 Å². The van der Waals surface area contributed by atoms with Gasteiger partial charge in [-0.2, -0.15) is 0 Å². The fraction of sp³-hybridized carbons (Fsp3) is 0.923. The Morgan fingerprint density at radius 2 is 2.00 bits per heavy atom. The van der Waals surface area contributed by atoms with Gasteiger partial charge in [0, 0.05) is 17.6 Å². The molecular formula is C13H26N2O. The van der Waals surface area contributed by atoms with E-state index in [0.717, 1.165) is 12.8 Å². The van der Waals surface area contributed by atoms with Crippen molar-refractivity contribution in [1.82, 2.24) is 10.2 Å². The molecule has 1 N–H and O–H groups in total. The summed E-state index contributed by atoms with van der Waals surface area (Å²) in [6.45, 7) is 11.1. The molecule has 1 aliphatic rings. The maximum Gasteiger partial charge on any atom is 0.237 e. The van der Waals surface area contributed by atoms with Crippen molar-refractivity contribution in [2.24, 2.45) is 0 Å². The van der Waals surface area contributed by atoms with Crippen molar-refractivity contribution in [2.75, 3.05) is 6.54 Å². The van der Waals surface area contributed by atoms with Crippen molar-refractivity contribution in [3.8, 4) is 0 Å². The van der Waals surface area contributed by atoms with Crippen LogP contribution in [0.4, 0.5) is 0 Å². The van der Waals surface area contributed by atoms with E-state index in [1.807, 2.05) is 0 Å². The first-order chi connectivity index (χ1) is 7.35. The zero-order chi connectivity index (χ0) is 12.3. The van der Waals surface area contributed by atoms with E-state index in [9.17, 15) is 4.79 Å². The molecule has 1 saturated heterocycles. The molecule has 3 heteroatoms. The Balaban J connectivity index is 2.52. The molecule has 0 radical (unpaired) electrons. The summed E-state index contributed by atoms with van der Waals surface area (Å²) in [6.07, 6.45) is 3.39. The standard InChI is InChI=1S/C13H26N2O/c1-6-11-8-7-10(2)15(11)12(16)9-14-13(3,4)5/h10-11,14H,6-9H2,1-5H3. The van der Waals surface area contributed by atoms with Crippen LogP contribution in [0.1, 0.15) is 53.9 Å². The van der Waals surface area contributed by atoms with Crippen molar-refractivity contribution < 1.29 is 4.79 Å². The van der Waals surface area contributed by atoms with Crippen molar-refractivity contribution in [3.63, 3.8) is 0 Å². The van der Waals surface area contributed by atoms with Gasteiger partial charge < -0.3 is 10.2 Å². The van der Waals surface area contributed by atoms with E-state index in [1.54, 1.807) is 0 Å². The van der Waals surface area contributed by atoms with Gasteiger partial charge in [-0.3, -0.25) is 4.79 Å². The van der Waals surface area contributed by atoms with E-state index in [4.69, 9.17) is 0 Å². The second-order valence-corrected chi connectivity index (χ2v) is 5.89. The molecule has 0 aliphatic carbocycles. The van der Waals surface area contributed by atoms with Crippen LogP contribution in [-0.4, -0.2) is 35.0 Å². The lowest BCUT2D eigenvalue weighted by molar-refractivity contribution is -0.133. The summed E-state index contributed by atoms with van der Waals surface area (Å²) in [5.41, 5.74) is 0.0142. The maximum atomic E-state index is 12.1. The van der Waals surface area contributed by atoms with E-state index in [0.29, 0.717) is 18.6 Å². The summed E-state index contributed by atoms with van der Waals surface area (Å²) in [7, 11) is 0. The van der Waals surface area contributed by atoms with Gasteiger partial charge in [-0.05, 0) is 47.0 Å². The smallest absolute Gasteiger partial charge is 0.237 e. The average Bonchev–Trinajstić information content (AvgIpc) is 2.55. The summed E-state index contributed by atoms with van der Waals surface area (Å²) in [5.74, 6) is 0.256. The lowest BCUT2D eigenvalue weighted by Crippen LogP contribution is -2.48. The molecule has 0 spiro atoms. The van der Waals surface area contributed by atoms with Gasteiger partial charge in [0.1, 0.15) is 0 Å². The van der Waals surface area contributed by atoms with E-state index < -0.39 is 0 Å². The number of hydrogen-bond donors (Lipinski definition) is 1. The molecule has 1 rings (SSSR count). The number of nitrogens with one attached hydrogen (secondary N) is 1. The molecule has 1 amide bonds. The zero-order valence-electron chi connectivity index (χ0n) is 11.3. The molecule has 1 fully saturated rings. The molecule has 0 aromatic heterocycles. The molecule has 16 heavy (non-hydrogen) atoms. The maximum absolute atomic E-state index is 12.1. The van der Waals surface area contributed by atoms with Crippen molar-refractivity contribution in [2.45, 2.75) is 71.5 Å². The van der Waals surface area contributed by atoms with E-state index in [1.165, 1.54) is 6.42 Å². The molecule has 0 bridgehead atoms. The highest BCUT2D eigenvalue weighted by atomic mass is 16.2. The van der Waals surface area contributed by atoms with Gasteiger partial charge in [-0.25, -0.2) is 0 Å². The summed E-state index contributed by atoms with van der Waals surface area (Å²) in [6, 6.07) is 0.878. The lowest BCUT2D eigenvalue weighted by Gasteiger charge is -2.30. The Kier molecular flexibility index (Phi) is 4.36. The average molecular weight is 226 g/mol. The number of carbonyl (C=O) groups is 1. The highest BCUT2D eigenvalue weighted by Gasteiger charge is 2.32. The predicted molar refractivity (Wildman–Crippen MR) is 67.4 cm³/mol. The van der Waals surface area contributed by atoms with Crippen LogP contribution in [0.3, 0.4) is 0 Å². The molecule has 0 aromatic carbocycles. The minimum absolute atomic E-state index is 0.0142. The molecule has 3 nitrogen and oxygen atoms in total. The topological polar surface area (TPSA) is 32.3 Å². The Morgan fingerprint density at radius 1 is 1.38 bits per heavy atom. The van der Waals surface area contributed by atoms with Gasteiger partial charge in [-0.15, -0.1) is 0 Å². The number of carbonyl (C=O) groups excluding carboxylic acids is 1. The monoisotopic (exact) mass is 226 g/mol. The first-order valence-corrected chi connectivity index (χ1v) is 6.41. The van der Waals surface area contributed by atoms with Gasteiger partial charge in [-0.1, -0.05) is 6.92 Å². The number of nitrogens with zero attached hydrogens (tertiary/aromatic N) is 1. The van der Waals surface area contributed by atoms with Crippen molar-refractivity contribution in [3.05, 3.63) is 0 Å². The predicted octanol–water partition coefficient (Wildman–Crippen LogP) is 2.16. The van der Waals surface area contributed by atoms with Crippen LogP contribution < -0.4 is 5.32 Å². The van der Waals surface area contributed by atoms with E-state index >= 15 is 0 Å². The third-order valence-corrected chi connectivity index (χ3v) is 3.32. The van der Waals surface area contributed by atoms with Gasteiger partial charge in [0.2, 0.25) is 5.91 Å². The minimum atomic E-state index is 0.0142. The van der Waals surface area contributed by atoms with Gasteiger partial charge in [0.15, 0.2) is 0 Å². The zero-order valence-corrected chi connectivity index (χ0v) is 11.3. The third kappa shape index (κ3) is 3.48.